The molecule has 0 saturated heterocycles. The zero-order chi connectivity index (χ0) is 18.7. The van der Waals surface area contributed by atoms with Gasteiger partial charge >= 0.3 is 5.97 Å². The lowest BCUT2D eigenvalue weighted by atomic mass is 10.1. The number of hydrogen-bond acceptors (Lipinski definition) is 3. The molecule has 5 N–H and O–H groups in total. The van der Waals surface area contributed by atoms with Gasteiger partial charge in [-0.1, -0.05) is 24.3 Å². The highest BCUT2D eigenvalue weighted by Crippen LogP contribution is 2.21. The Morgan fingerprint density at radius 1 is 1.15 bits per heavy atom. The summed E-state index contributed by atoms with van der Waals surface area (Å²) in [5.74, 6) is -0.774. The standard InChI is InChI=1S/C19H18N4O2S/c20-18(21)14-6-8-15(9-7-14)23-11-16(22-19(23)26)13-4-1-12(2-5-13)3-10-17(24)25/h1-2,4-9,11H,3,10H2,(H3,20,21)(H,22,26)(H,24,25). The number of amidine groups is 1. The van der Waals surface area contributed by atoms with Crippen molar-refractivity contribution in [3.8, 4) is 16.9 Å². The van der Waals surface area contributed by atoms with Crippen LogP contribution in [0.4, 0.5) is 0 Å². The van der Waals surface area contributed by atoms with Crippen LogP contribution in [-0.2, 0) is 11.2 Å². The summed E-state index contributed by atoms with van der Waals surface area (Å²) in [7, 11) is 0. The van der Waals surface area contributed by atoms with Crippen molar-refractivity contribution >= 4 is 24.0 Å². The molecule has 2 aromatic carbocycles. The molecular formula is C19H18N4O2S. The largest absolute Gasteiger partial charge is 0.481 e. The number of aromatic amines is 1. The molecule has 0 aliphatic heterocycles. The minimum atomic E-state index is -0.800. The molecule has 3 aromatic rings. The van der Waals surface area contributed by atoms with Crippen LogP contribution in [0.15, 0.2) is 54.7 Å². The van der Waals surface area contributed by atoms with E-state index in [-0.39, 0.29) is 12.3 Å². The summed E-state index contributed by atoms with van der Waals surface area (Å²) >= 11 is 5.41. The summed E-state index contributed by atoms with van der Waals surface area (Å²) in [6.45, 7) is 0. The normalized spacial score (nSPS) is 10.6. The summed E-state index contributed by atoms with van der Waals surface area (Å²) in [6, 6.07) is 15.0. The number of carbonyl (C=O) groups is 1. The number of aliphatic carboxylic acids is 1. The van der Waals surface area contributed by atoms with E-state index in [1.54, 1.807) is 12.1 Å². The van der Waals surface area contributed by atoms with Gasteiger partial charge in [0, 0.05) is 23.9 Å². The third-order valence-corrected chi connectivity index (χ3v) is 4.37. The van der Waals surface area contributed by atoms with E-state index >= 15 is 0 Å². The minimum absolute atomic E-state index is 0.0258. The fraction of sp³-hybridized carbons (Fsp3) is 0.105. The Labute approximate surface area is 155 Å². The number of carboxylic acids is 1. The van der Waals surface area contributed by atoms with E-state index in [4.69, 9.17) is 28.5 Å². The lowest BCUT2D eigenvalue weighted by Gasteiger charge is -2.04. The predicted molar refractivity (Wildman–Crippen MR) is 103 cm³/mol. The minimum Gasteiger partial charge on any atom is -0.481 e. The molecule has 3 rings (SSSR count). The zero-order valence-electron chi connectivity index (χ0n) is 13.9. The van der Waals surface area contributed by atoms with E-state index in [0.717, 1.165) is 22.5 Å². The van der Waals surface area contributed by atoms with Gasteiger partial charge in [-0.2, -0.15) is 0 Å². The fourth-order valence-electron chi connectivity index (χ4n) is 2.64. The SMILES string of the molecule is N=C(N)c1ccc(-n2cc(-c3ccc(CCC(=O)O)cc3)[nH]c2=S)cc1. The first-order valence-electron chi connectivity index (χ1n) is 8.01. The first kappa shape index (κ1) is 17.6. The maximum Gasteiger partial charge on any atom is 0.303 e. The van der Waals surface area contributed by atoms with Gasteiger partial charge in [0.2, 0.25) is 0 Å². The van der Waals surface area contributed by atoms with Crippen molar-refractivity contribution in [2.24, 2.45) is 5.73 Å². The third kappa shape index (κ3) is 3.89. The maximum atomic E-state index is 10.7. The van der Waals surface area contributed by atoms with Crippen LogP contribution in [-0.4, -0.2) is 26.5 Å². The van der Waals surface area contributed by atoms with Crippen LogP contribution < -0.4 is 5.73 Å². The summed E-state index contributed by atoms with van der Waals surface area (Å²) in [4.78, 5) is 13.8. The third-order valence-electron chi connectivity index (χ3n) is 4.07. The molecule has 0 aliphatic carbocycles. The molecule has 7 heteroatoms. The molecule has 0 amide bonds. The van der Waals surface area contributed by atoms with Gasteiger partial charge in [-0.15, -0.1) is 0 Å². The van der Waals surface area contributed by atoms with Gasteiger partial charge in [-0.3, -0.25) is 14.8 Å². The van der Waals surface area contributed by atoms with Crippen molar-refractivity contribution in [1.29, 1.82) is 5.41 Å². The molecule has 1 aromatic heterocycles. The van der Waals surface area contributed by atoms with Crippen molar-refractivity contribution in [3.63, 3.8) is 0 Å². The van der Waals surface area contributed by atoms with E-state index in [0.29, 0.717) is 16.8 Å². The van der Waals surface area contributed by atoms with Gasteiger partial charge in [-0.25, -0.2) is 0 Å². The molecular weight excluding hydrogens is 348 g/mol. The number of nitrogens with two attached hydrogens (primary N) is 1. The number of aryl methyl sites for hydroxylation is 1. The van der Waals surface area contributed by atoms with Crippen LogP contribution in [0.25, 0.3) is 16.9 Å². The molecule has 0 fully saturated rings. The smallest absolute Gasteiger partial charge is 0.303 e. The quantitative estimate of drug-likeness (QED) is 0.304. The number of nitrogens with one attached hydrogen (secondary N) is 2. The average Bonchev–Trinajstić information content (AvgIpc) is 3.02. The number of imidazole rings is 1. The Bertz CT molecular complexity index is 1000. The van der Waals surface area contributed by atoms with Gasteiger partial charge < -0.3 is 15.8 Å². The molecule has 26 heavy (non-hydrogen) atoms. The molecule has 0 saturated carbocycles. The first-order chi connectivity index (χ1) is 12.4. The fourth-order valence-corrected chi connectivity index (χ4v) is 2.91. The Morgan fingerprint density at radius 3 is 2.38 bits per heavy atom. The Morgan fingerprint density at radius 2 is 1.81 bits per heavy atom. The van der Waals surface area contributed by atoms with Crippen molar-refractivity contribution in [3.05, 3.63) is 70.6 Å². The molecule has 0 aliphatic rings. The predicted octanol–water partition coefficient (Wildman–Crippen LogP) is 3.50. The summed E-state index contributed by atoms with van der Waals surface area (Å²) in [5.41, 5.74) is 9.83. The van der Waals surface area contributed by atoms with Crippen LogP contribution >= 0.6 is 12.2 Å². The number of nitrogens with zero attached hydrogens (tertiary/aromatic N) is 1. The highest BCUT2D eigenvalue weighted by molar-refractivity contribution is 7.71. The highest BCUT2D eigenvalue weighted by Gasteiger charge is 2.07. The Hall–Kier alpha value is -3.19. The lowest BCUT2D eigenvalue weighted by molar-refractivity contribution is -0.136. The average molecular weight is 366 g/mol. The number of nitrogen functional groups attached to an aromatic ring is 1. The first-order valence-corrected chi connectivity index (χ1v) is 8.42. The number of benzene rings is 2. The molecule has 0 unspecified atom stereocenters. The number of carboxylic acid groups (broad SMARTS) is 1. The van der Waals surface area contributed by atoms with Crippen molar-refractivity contribution in [2.45, 2.75) is 12.8 Å². The lowest BCUT2D eigenvalue weighted by Crippen LogP contribution is -2.10. The van der Waals surface area contributed by atoms with Crippen LogP contribution in [0.2, 0.25) is 0 Å². The molecule has 0 spiro atoms. The Kier molecular flexibility index (Phi) is 4.99. The molecule has 0 radical (unpaired) electrons. The van der Waals surface area contributed by atoms with Crippen LogP contribution in [0.5, 0.6) is 0 Å². The second-order valence-electron chi connectivity index (χ2n) is 5.89. The Balaban J connectivity index is 1.84. The summed E-state index contributed by atoms with van der Waals surface area (Å²) in [5, 5.41) is 16.2. The molecule has 1 heterocycles. The zero-order valence-corrected chi connectivity index (χ0v) is 14.7. The van der Waals surface area contributed by atoms with E-state index in [1.807, 2.05) is 47.2 Å². The molecule has 132 valence electrons. The van der Waals surface area contributed by atoms with Crippen LogP contribution in [0.1, 0.15) is 17.5 Å². The topological polar surface area (TPSA) is 108 Å². The summed E-state index contributed by atoms with van der Waals surface area (Å²) in [6.07, 6.45) is 2.54. The van der Waals surface area contributed by atoms with Gasteiger partial charge in [0.05, 0.1) is 5.69 Å². The molecule has 0 atom stereocenters. The van der Waals surface area contributed by atoms with Gasteiger partial charge in [0.1, 0.15) is 5.84 Å². The van der Waals surface area contributed by atoms with E-state index in [1.165, 1.54) is 0 Å². The van der Waals surface area contributed by atoms with Crippen LogP contribution in [0, 0.1) is 10.2 Å². The van der Waals surface area contributed by atoms with Crippen molar-refractivity contribution in [1.82, 2.24) is 9.55 Å². The number of aromatic nitrogens is 2. The maximum absolute atomic E-state index is 10.7. The second-order valence-corrected chi connectivity index (χ2v) is 6.28. The molecule has 0 bridgehead atoms. The number of H-pyrrole nitrogens is 1. The van der Waals surface area contributed by atoms with Gasteiger partial charge in [0.15, 0.2) is 4.77 Å². The highest BCUT2D eigenvalue weighted by atomic mass is 32.1. The molecule has 6 nitrogen and oxygen atoms in total. The van der Waals surface area contributed by atoms with E-state index < -0.39 is 5.97 Å². The van der Waals surface area contributed by atoms with Crippen LogP contribution in [0.3, 0.4) is 0 Å². The number of hydrogen-bond donors (Lipinski definition) is 4. The second kappa shape index (κ2) is 7.37. The monoisotopic (exact) mass is 366 g/mol. The van der Waals surface area contributed by atoms with E-state index in [9.17, 15) is 4.79 Å². The number of rotatable bonds is 6. The van der Waals surface area contributed by atoms with Crippen molar-refractivity contribution in [2.75, 3.05) is 0 Å². The summed E-state index contributed by atoms with van der Waals surface area (Å²) < 4.78 is 2.41. The van der Waals surface area contributed by atoms with Crippen molar-refractivity contribution < 1.29 is 9.90 Å². The van der Waals surface area contributed by atoms with Gasteiger partial charge in [0.25, 0.3) is 0 Å². The van der Waals surface area contributed by atoms with Gasteiger partial charge in [-0.05, 0) is 54.0 Å². The van der Waals surface area contributed by atoms with E-state index in [2.05, 4.69) is 4.98 Å².